The lowest BCUT2D eigenvalue weighted by Gasteiger charge is -2.18. The molecule has 1 atom stereocenters. The van der Waals surface area contributed by atoms with Gasteiger partial charge in [0.1, 0.15) is 13.2 Å². The van der Waals surface area contributed by atoms with Gasteiger partial charge in [0, 0.05) is 12.8 Å². The normalized spacial score (nSPS) is 13.0. The molecule has 0 saturated carbocycles. The van der Waals surface area contributed by atoms with Gasteiger partial charge in [0.2, 0.25) is 0 Å². The molecule has 0 aromatic rings. The first-order chi connectivity index (χ1) is 40.5. The van der Waals surface area contributed by atoms with Gasteiger partial charge in [-0.15, -0.1) is 0 Å². The molecule has 0 bridgehead atoms. The number of hydrogen-bond donors (Lipinski definition) is 0. The first kappa shape index (κ1) is 77.5. The van der Waals surface area contributed by atoms with E-state index in [1.54, 1.807) is 6.08 Å². The average molecular weight is 1140 g/mol. The minimum absolute atomic E-state index is 0.117. The SMILES string of the molecule is CC/C=C\C/C=C\C/C=C\C/C=C\C/C=C\C/C=C\CCCCCCCCC(=O)OCC(COC(=O)C/C=C\C/C=C\C/C=C\C/C=C\C/C=C\CC)OC(=O)CCCCCCCCCCCCCCCCCCCCCCCCCC. The minimum Gasteiger partial charge on any atom is -0.462 e. The zero-order valence-corrected chi connectivity index (χ0v) is 53.5. The first-order valence-corrected chi connectivity index (χ1v) is 34.2. The van der Waals surface area contributed by atoms with Crippen molar-refractivity contribution in [3.05, 3.63) is 134 Å². The van der Waals surface area contributed by atoms with Crippen molar-refractivity contribution in [2.75, 3.05) is 13.2 Å². The van der Waals surface area contributed by atoms with Crippen molar-refractivity contribution in [1.29, 1.82) is 0 Å². The van der Waals surface area contributed by atoms with Crippen LogP contribution in [0.1, 0.15) is 310 Å². The van der Waals surface area contributed by atoms with E-state index in [0.29, 0.717) is 12.8 Å². The summed E-state index contributed by atoms with van der Waals surface area (Å²) in [6.07, 6.45) is 97.9. The number of ether oxygens (including phenoxy) is 3. The Morgan fingerprint density at radius 1 is 0.268 bits per heavy atom. The van der Waals surface area contributed by atoms with Gasteiger partial charge in [0.05, 0.1) is 6.42 Å². The molecule has 0 radical (unpaired) electrons. The lowest BCUT2D eigenvalue weighted by atomic mass is 10.0. The fourth-order valence-corrected chi connectivity index (χ4v) is 9.40. The van der Waals surface area contributed by atoms with Crippen molar-refractivity contribution in [1.82, 2.24) is 0 Å². The van der Waals surface area contributed by atoms with Crippen LogP contribution in [0.3, 0.4) is 0 Å². The lowest BCUT2D eigenvalue weighted by molar-refractivity contribution is -0.166. The zero-order chi connectivity index (χ0) is 59.2. The number of carbonyl (C=O) groups is 3. The smallest absolute Gasteiger partial charge is 0.309 e. The van der Waals surface area contributed by atoms with E-state index in [9.17, 15) is 14.4 Å². The molecule has 0 spiro atoms. The van der Waals surface area contributed by atoms with Crippen LogP contribution in [-0.2, 0) is 28.6 Å². The molecule has 0 aromatic heterocycles. The summed E-state index contributed by atoms with van der Waals surface area (Å²) in [5, 5.41) is 0. The van der Waals surface area contributed by atoms with Crippen molar-refractivity contribution < 1.29 is 28.6 Å². The molecular weight excluding hydrogens is 1010 g/mol. The highest BCUT2D eigenvalue weighted by atomic mass is 16.6. The molecule has 0 N–H and O–H groups in total. The summed E-state index contributed by atoms with van der Waals surface area (Å²) in [6, 6.07) is 0. The van der Waals surface area contributed by atoms with E-state index >= 15 is 0 Å². The highest BCUT2D eigenvalue weighted by Gasteiger charge is 2.19. The third-order valence-electron chi connectivity index (χ3n) is 14.4. The van der Waals surface area contributed by atoms with Gasteiger partial charge in [0.15, 0.2) is 6.10 Å². The summed E-state index contributed by atoms with van der Waals surface area (Å²) in [6.45, 7) is 6.34. The van der Waals surface area contributed by atoms with Crippen molar-refractivity contribution in [2.24, 2.45) is 0 Å². The van der Waals surface area contributed by atoms with Crippen LogP contribution < -0.4 is 0 Å². The molecule has 0 saturated heterocycles. The predicted molar refractivity (Wildman–Crippen MR) is 357 cm³/mol. The molecule has 0 aliphatic carbocycles. The summed E-state index contributed by atoms with van der Waals surface area (Å²) in [7, 11) is 0. The molecule has 0 fully saturated rings. The molecule has 6 nitrogen and oxygen atoms in total. The van der Waals surface area contributed by atoms with Gasteiger partial charge in [-0.25, -0.2) is 0 Å². The fourth-order valence-electron chi connectivity index (χ4n) is 9.40. The Kier molecular flexibility index (Phi) is 65.3. The lowest BCUT2D eigenvalue weighted by Crippen LogP contribution is -2.30. The van der Waals surface area contributed by atoms with Crippen LogP contribution in [-0.4, -0.2) is 37.2 Å². The molecular formula is C76H126O6. The Morgan fingerprint density at radius 3 is 0.854 bits per heavy atom. The Bertz CT molecular complexity index is 1730. The molecule has 82 heavy (non-hydrogen) atoms. The minimum atomic E-state index is -0.829. The van der Waals surface area contributed by atoms with Crippen molar-refractivity contribution in [3.63, 3.8) is 0 Å². The van der Waals surface area contributed by atoms with E-state index in [2.05, 4.69) is 142 Å². The molecule has 0 heterocycles. The molecule has 466 valence electrons. The average Bonchev–Trinajstić information content (AvgIpc) is 3.47. The number of rotatable bonds is 61. The van der Waals surface area contributed by atoms with Gasteiger partial charge >= 0.3 is 17.9 Å². The Morgan fingerprint density at radius 2 is 0.524 bits per heavy atom. The van der Waals surface area contributed by atoms with Crippen molar-refractivity contribution in [2.45, 2.75) is 316 Å². The van der Waals surface area contributed by atoms with E-state index in [0.717, 1.165) is 122 Å². The standard InChI is InChI=1S/C76H126O6/c1-4-7-10-13-16-19-22-25-28-30-32-34-36-38-40-41-43-45-48-51-54-57-60-63-66-69-75(78)81-72-73(71-80-74(77)68-65-62-59-56-53-50-47-27-24-21-18-15-12-9-6-3)82-76(79)70-67-64-61-58-55-52-49-46-44-42-39-37-35-33-31-29-26-23-20-17-14-11-8-5-2/h7,9-10,12,16,18-19,21,25,27-28,32,34,38,40,43,45,47,53,56,62,65,73H,4-6,8,11,13-15,17,20,22-24,26,29-31,33,35-37,39,41-42,44,46,48-52,54-55,57-61,63-64,66-72H2,1-3H3/b10-7-,12-9-,19-16-,21-18-,28-25-,34-32-,40-38-,45-43-,47-27-,56-53-,65-62-. The van der Waals surface area contributed by atoms with E-state index in [-0.39, 0.29) is 31.6 Å². The molecule has 6 heteroatoms. The summed E-state index contributed by atoms with van der Waals surface area (Å²) < 4.78 is 16.8. The second-order valence-corrected chi connectivity index (χ2v) is 22.3. The number of carbonyl (C=O) groups excluding carboxylic acids is 3. The van der Waals surface area contributed by atoms with E-state index in [1.165, 1.54) is 148 Å². The van der Waals surface area contributed by atoms with Crippen LogP contribution in [0, 0.1) is 0 Å². The maximum Gasteiger partial charge on any atom is 0.309 e. The number of esters is 3. The van der Waals surface area contributed by atoms with Gasteiger partial charge < -0.3 is 14.2 Å². The van der Waals surface area contributed by atoms with Crippen LogP contribution in [0.5, 0.6) is 0 Å². The number of unbranched alkanes of at least 4 members (excludes halogenated alkanes) is 29. The van der Waals surface area contributed by atoms with Gasteiger partial charge in [-0.3, -0.25) is 14.4 Å². The monoisotopic (exact) mass is 1130 g/mol. The van der Waals surface area contributed by atoms with Crippen LogP contribution in [0.2, 0.25) is 0 Å². The molecule has 0 rings (SSSR count). The molecule has 0 amide bonds. The van der Waals surface area contributed by atoms with E-state index in [4.69, 9.17) is 14.2 Å². The van der Waals surface area contributed by atoms with Gasteiger partial charge in [-0.1, -0.05) is 328 Å². The maximum absolute atomic E-state index is 12.9. The Hall–Kier alpha value is -4.45. The largest absolute Gasteiger partial charge is 0.462 e. The highest BCUT2D eigenvalue weighted by molar-refractivity contribution is 5.72. The van der Waals surface area contributed by atoms with Crippen molar-refractivity contribution >= 4 is 17.9 Å². The van der Waals surface area contributed by atoms with E-state index in [1.807, 2.05) is 6.08 Å². The quantitative estimate of drug-likeness (QED) is 0.0261. The summed E-state index contributed by atoms with van der Waals surface area (Å²) >= 11 is 0. The highest BCUT2D eigenvalue weighted by Crippen LogP contribution is 2.17. The topological polar surface area (TPSA) is 78.9 Å². The maximum atomic E-state index is 12.9. The van der Waals surface area contributed by atoms with Crippen LogP contribution in [0.15, 0.2) is 134 Å². The Balaban J connectivity index is 4.43. The fraction of sp³-hybridized carbons (Fsp3) is 0.671. The molecule has 1 unspecified atom stereocenters. The molecule has 0 aliphatic rings. The summed E-state index contributed by atoms with van der Waals surface area (Å²) in [4.78, 5) is 38.3. The third kappa shape index (κ3) is 66.4. The van der Waals surface area contributed by atoms with Crippen molar-refractivity contribution in [3.8, 4) is 0 Å². The summed E-state index contributed by atoms with van der Waals surface area (Å²) in [5.74, 6) is -1.06. The van der Waals surface area contributed by atoms with Gasteiger partial charge in [0.25, 0.3) is 0 Å². The molecule has 0 aromatic carbocycles. The number of allylic oxidation sites excluding steroid dienone is 21. The second-order valence-electron chi connectivity index (χ2n) is 22.3. The molecule has 0 aliphatic heterocycles. The van der Waals surface area contributed by atoms with Crippen LogP contribution in [0.25, 0.3) is 0 Å². The summed E-state index contributed by atoms with van der Waals surface area (Å²) in [5.41, 5.74) is 0. The Labute approximate surface area is 506 Å². The van der Waals surface area contributed by atoms with Crippen LogP contribution in [0.4, 0.5) is 0 Å². The second kappa shape index (κ2) is 69.0. The zero-order valence-electron chi connectivity index (χ0n) is 53.5. The third-order valence-corrected chi connectivity index (χ3v) is 14.4. The first-order valence-electron chi connectivity index (χ1n) is 34.2. The van der Waals surface area contributed by atoms with Crippen LogP contribution >= 0.6 is 0 Å². The van der Waals surface area contributed by atoms with Gasteiger partial charge in [-0.2, -0.15) is 0 Å². The number of hydrogen-bond acceptors (Lipinski definition) is 6. The van der Waals surface area contributed by atoms with E-state index < -0.39 is 12.1 Å². The van der Waals surface area contributed by atoms with Gasteiger partial charge in [-0.05, 0) is 96.3 Å². The predicted octanol–water partition coefficient (Wildman–Crippen LogP) is 23.7.